The fourth-order valence-corrected chi connectivity index (χ4v) is 9.88. The number of ether oxygens (including phenoxy) is 4. The first-order valence-corrected chi connectivity index (χ1v) is 27.2. The standard InChI is InChI=1S/C62H80N2O6.C2H4O2.Mn/c1-11-28-67-57-41-20-17-21-42(57)33-44-23-19-25-46(59(44)69-30-13-3)36-50-51(55(65)37-47(60(50)70-31-14-4)34-45-24-18-22-43(32-41)58(45)68-29-12-2)40-64-54-27-16-15-26-53(54)63-39-48-35-49(61(5,6)7)38-52(56(48)66)62(8,9)10;1-2(3)4;/h17-25,35,37-40,53-54,65-66H,11-16,26-34,36H2,1-10H3;1H3,(H,3,4);/t53-,54-;;/m1../s1. The number of carboxylic acid groups (broad SMARTS) is 1. The first-order chi connectivity index (χ1) is 35.4. The van der Waals surface area contributed by atoms with Gasteiger partial charge in [0.1, 0.15) is 34.5 Å². The van der Waals surface area contributed by atoms with Gasteiger partial charge in [0.05, 0.1) is 38.5 Å². The zero-order valence-corrected chi connectivity index (χ0v) is 47.9. The Kier molecular flexibility index (Phi) is 22.3. The van der Waals surface area contributed by atoms with E-state index in [2.05, 4.69) is 136 Å². The minimum Gasteiger partial charge on any atom is -0.507 e. The molecule has 0 unspecified atom stereocenters. The maximum absolute atomic E-state index is 12.4. The molecule has 5 aromatic rings. The number of aliphatic imine (C=N–C) groups is 2. The Labute approximate surface area is 458 Å². The SMILES string of the molecule is CC(=O)O.CCCOc1c2cccc1Cc1cccc(c1OCCC)Cc1c(C=N[C@@H]3CCCC[C@H]3N=Cc3cc(C(C)(C)C)cc(C(C)(C)C)c3O)c(O)cc(c1OCCC)Cc1cccc(c1OCCC)C2.[Mn]. The number of carboxylic acids is 1. The third-order valence-corrected chi connectivity index (χ3v) is 13.6. The summed E-state index contributed by atoms with van der Waals surface area (Å²) in [5, 5.41) is 31.5. The van der Waals surface area contributed by atoms with Crippen molar-refractivity contribution in [1.29, 1.82) is 0 Å². The van der Waals surface area contributed by atoms with Gasteiger partial charge >= 0.3 is 0 Å². The van der Waals surface area contributed by atoms with Gasteiger partial charge in [0.2, 0.25) is 0 Å². The molecule has 2 atom stereocenters. The van der Waals surface area contributed by atoms with Gasteiger partial charge in [-0.1, -0.05) is 143 Å². The predicted molar refractivity (Wildman–Crippen MR) is 302 cm³/mol. The van der Waals surface area contributed by atoms with Crippen molar-refractivity contribution in [3.05, 3.63) is 140 Å². The molecule has 10 nitrogen and oxygen atoms in total. The first-order valence-electron chi connectivity index (χ1n) is 27.2. The minimum atomic E-state index is -0.833. The Morgan fingerprint density at radius 3 is 1.36 bits per heavy atom. The van der Waals surface area contributed by atoms with E-state index in [1.54, 1.807) is 0 Å². The third-order valence-electron chi connectivity index (χ3n) is 13.6. The van der Waals surface area contributed by atoms with Crippen LogP contribution in [0.5, 0.6) is 34.5 Å². The zero-order valence-electron chi connectivity index (χ0n) is 46.7. The normalized spacial score (nSPS) is 15.7. The van der Waals surface area contributed by atoms with Crippen LogP contribution in [0.3, 0.4) is 0 Å². The summed E-state index contributed by atoms with van der Waals surface area (Å²) < 4.78 is 27.0. The maximum atomic E-state index is 12.4. The molecule has 0 saturated heterocycles. The van der Waals surface area contributed by atoms with Gasteiger partial charge in [0.25, 0.3) is 5.97 Å². The Bertz CT molecular complexity index is 2750. The molecule has 0 aliphatic heterocycles. The van der Waals surface area contributed by atoms with Gasteiger partial charge in [-0.25, -0.2) is 0 Å². The van der Waals surface area contributed by atoms with Crippen LogP contribution >= 0.6 is 0 Å². The van der Waals surface area contributed by atoms with Gasteiger partial charge in [0.15, 0.2) is 0 Å². The summed E-state index contributed by atoms with van der Waals surface area (Å²) >= 11 is 0. The topological polar surface area (TPSA) is 139 Å². The van der Waals surface area contributed by atoms with Gasteiger partial charge < -0.3 is 34.3 Å². The zero-order chi connectivity index (χ0) is 53.6. The van der Waals surface area contributed by atoms with Crippen molar-refractivity contribution in [2.45, 2.75) is 176 Å². The van der Waals surface area contributed by atoms with Crippen molar-refractivity contribution in [2.24, 2.45) is 9.98 Å². The molecule has 8 bridgehead atoms. The summed E-state index contributed by atoms with van der Waals surface area (Å²) in [6.45, 7) is 24.9. The van der Waals surface area contributed by atoms with Gasteiger partial charge in [-0.05, 0) is 100 Å². The van der Waals surface area contributed by atoms with E-state index >= 15 is 0 Å². The van der Waals surface area contributed by atoms with Crippen molar-refractivity contribution in [3.63, 3.8) is 0 Å². The van der Waals surface area contributed by atoms with Crippen LogP contribution in [-0.2, 0) is 58.4 Å². The van der Waals surface area contributed by atoms with E-state index in [0.717, 1.165) is 142 Å². The monoisotopic (exact) mass is 1060 g/mol. The molecule has 0 spiro atoms. The largest absolute Gasteiger partial charge is 0.507 e. The number of hydrogen-bond donors (Lipinski definition) is 3. The van der Waals surface area contributed by atoms with E-state index in [1.807, 2.05) is 18.5 Å². The van der Waals surface area contributed by atoms with Crippen LogP contribution in [0, 0.1) is 0 Å². The number of fused-ring (bicyclic) bond motifs is 8. The van der Waals surface area contributed by atoms with Crippen LogP contribution in [0.1, 0.15) is 194 Å². The Balaban J connectivity index is 0.00000201. The summed E-state index contributed by atoms with van der Waals surface area (Å²) in [6.07, 6.45) is 13.2. The average Bonchev–Trinajstić information content (AvgIpc) is 3.34. The second kappa shape index (κ2) is 27.8. The molecule has 2 aliphatic rings. The number of para-hydroxylation sites is 3. The molecule has 0 amide bonds. The quantitative estimate of drug-likeness (QED) is 0.0643. The Morgan fingerprint density at radius 1 is 0.573 bits per heavy atom. The number of aromatic hydroxyl groups is 2. The van der Waals surface area contributed by atoms with E-state index in [4.69, 9.17) is 38.8 Å². The maximum Gasteiger partial charge on any atom is 0.300 e. The van der Waals surface area contributed by atoms with Crippen molar-refractivity contribution in [1.82, 2.24) is 0 Å². The molecule has 1 saturated carbocycles. The summed E-state index contributed by atoms with van der Waals surface area (Å²) in [7, 11) is 0. The average molecular weight is 1060 g/mol. The predicted octanol–water partition coefficient (Wildman–Crippen LogP) is 14.5. The molecule has 0 heterocycles. The van der Waals surface area contributed by atoms with Crippen LogP contribution < -0.4 is 18.9 Å². The van der Waals surface area contributed by atoms with E-state index in [9.17, 15) is 10.2 Å². The van der Waals surface area contributed by atoms with E-state index in [1.165, 1.54) is 0 Å². The molecule has 5 aromatic carbocycles. The Hall–Kier alpha value is -5.77. The second-order valence-electron chi connectivity index (χ2n) is 22.0. The van der Waals surface area contributed by atoms with Crippen molar-refractivity contribution in [2.75, 3.05) is 26.4 Å². The molecular weight excluding hydrogens is 980 g/mol. The van der Waals surface area contributed by atoms with Crippen LogP contribution in [-0.4, -0.2) is 72.2 Å². The number of aliphatic carboxylic acids is 1. The van der Waals surface area contributed by atoms with Crippen LogP contribution in [0.2, 0.25) is 0 Å². The number of nitrogens with zero attached hydrogens (tertiary/aromatic N) is 2. The molecule has 2 aliphatic carbocycles. The molecule has 1 radical (unpaired) electrons. The fourth-order valence-electron chi connectivity index (χ4n) is 9.88. The van der Waals surface area contributed by atoms with Crippen LogP contribution in [0.4, 0.5) is 0 Å². The summed E-state index contributed by atoms with van der Waals surface area (Å²) in [4.78, 5) is 19.6. The number of benzene rings is 5. The third kappa shape index (κ3) is 15.9. The van der Waals surface area contributed by atoms with Gasteiger partial charge in [-0.3, -0.25) is 14.8 Å². The second-order valence-corrected chi connectivity index (χ2v) is 22.0. The molecule has 1 fully saturated rings. The Morgan fingerprint density at radius 2 is 0.960 bits per heavy atom. The van der Waals surface area contributed by atoms with E-state index in [0.29, 0.717) is 57.7 Å². The number of phenolic OH excluding ortho intramolecular Hbond substituents is 2. The number of hydrogen-bond acceptors (Lipinski definition) is 9. The van der Waals surface area contributed by atoms with E-state index in [-0.39, 0.29) is 51.5 Å². The molecule has 7 rings (SSSR count). The number of rotatable bonds is 16. The van der Waals surface area contributed by atoms with E-state index < -0.39 is 5.97 Å². The minimum absolute atomic E-state index is 0. The molecular formula is C64H84MnN2O8. The fraction of sp³-hybridized carbons (Fsp3) is 0.484. The molecule has 75 heavy (non-hydrogen) atoms. The van der Waals surface area contributed by atoms with Crippen LogP contribution in [0.25, 0.3) is 0 Å². The van der Waals surface area contributed by atoms with Crippen molar-refractivity contribution in [3.8, 4) is 34.5 Å². The molecule has 11 heteroatoms. The molecule has 3 N–H and O–H groups in total. The molecule has 0 aromatic heterocycles. The van der Waals surface area contributed by atoms with Gasteiger partial charge in [0, 0.05) is 89.9 Å². The molecule has 405 valence electrons. The summed E-state index contributed by atoms with van der Waals surface area (Å²) in [5.41, 5.74) is 11.3. The summed E-state index contributed by atoms with van der Waals surface area (Å²) in [6, 6.07) is 25.3. The number of phenols is 2. The number of carbonyl (C=O) groups is 1. The van der Waals surface area contributed by atoms with Crippen LogP contribution in [0.15, 0.2) is 82.8 Å². The smallest absolute Gasteiger partial charge is 0.300 e. The first kappa shape index (κ1) is 60.1. The van der Waals surface area contributed by atoms with Gasteiger partial charge in [-0.15, -0.1) is 0 Å². The van der Waals surface area contributed by atoms with Crippen molar-refractivity contribution >= 4 is 18.4 Å². The van der Waals surface area contributed by atoms with Gasteiger partial charge in [-0.2, -0.15) is 0 Å². The summed E-state index contributed by atoms with van der Waals surface area (Å²) in [5.74, 6) is 3.01. The van der Waals surface area contributed by atoms with Crippen molar-refractivity contribution < 1.29 is 56.1 Å².